The predicted octanol–water partition coefficient (Wildman–Crippen LogP) is 4.45. The van der Waals surface area contributed by atoms with E-state index in [4.69, 9.17) is 0 Å². The molecule has 3 nitrogen and oxygen atoms in total. The van der Waals surface area contributed by atoms with E-state index in [1.165, 1.54) is 18.2 Å². The second kappa shape index (κ2) is 6.13. The Labute approximate surface area is 127 Å². The second-order valence-corrected chi connectivity index (χ2v) is 5.42. The Hall–Kier alpha value is -2.43. The highest BCUT2D eigenvalue weighted by Gasteiger charge is 2.25. The normalized spacial score (nSPS) is 14.3. The zero-order chi connectivity index (χ0) is 15.5. The number of benzene rings is 2. The van der Waals surface area contributed by atoms with Gasteiger partial charge in [-0.15, -0.1) is 0 Å². The van der Waals surface area contributed by atoms with Crippen molar-refractivity contribution in [2.24, 2.45) is 5.92 Å². The van der Waals surface area contributed by atoms with E-state index >= 15 is 0 Å². The lowest BCUT2D eigenvalue weighted by Gasteiger charge is -2.24. The minimum Gasteiger partial charge on any atom is -0.351 e. The zero-order valence-corrected chi connectivity index (χ0v) is 11.9. The SMILES string of the molecule is O=C(Nc1ccc(Nc2c(F)cccc2F)cc1)C1CCC1. The molecular weight excluding hydrogens is 286 g/mol. The highest BCUT2D eigenvalue weighted by Crippen LogP contribution is 2.28. The first-order valence-corrected chi connectivity index (χ1v) is 7.25. The maximum atomic E-state index is 13.6. The molecule has 0 bridgehead atoms. The molecule has 5 heteroatoms. The number of carbonyl (C=O) groups is 1. The molecule has 2 N–H and O–H groups in total. The lowest BCUT2D eigenvalue weighted by atomic mass is 9.85. The molecule has 22 heavy (non-hydrogen) atoms. The van der Waals surface area contributed by atoms with Crippen LogP contribution >= 0.6 is 0 Å². The van der Waals surface area contributed by atoms with Crippen LogP contribution in [0.25, 0.3) is 0 Å². The fourth-order valence-electron chi connectivity index (χ4n) is 2.31. The lowest BCUT2D eigenvalue weighted by molar-refractivity contribution is -0.122. The van der Waals surface area contributed by atoms with Gasteiger partial charge in [0.15, 0.2) is 0 Å². The zero-order valence-electron chi connectivity index (χ0n) is 11.9. The van der Waals surface area contributed by atoms with Crippen LogP contribution in [0.15, 0.2) is 42.5 Å². The van der Waals surface area contributed by atoms with Gasteiger partial charge in [0.1, 0.15) is 17.3 Å². The van der Waals surface area contributed by atoms with Crippen LogP contribution in [0.3, 0.4) is 0 Å². The maximum Gasteiger partial charge on any atom is 0.227 e. The average Bonchev–Trinajstić information content (AvgIpc) is 2.43. The van der Waals surface area contributed by atoms with Crippen LogP contribution in [0.1, 0.15) is 19.3 Å². The Balaban J connectivity index is 1.67. The van der Waals surface area contributed by atoms with Gasteiger partial charge < -0.3 is 10.6 Å². The molecule has 1 amide bonds. The number of anilines is 3. The Kier molecular flexibility index (Phi) is 4.04. The minimum absolute atomic E-state index is 0.0344. The molecule has 0 radical (unpaired) electrons. The van der Waals surface area contributed by atoms with Gasteiger partial charge in [0, 0.05) is 17.3 Å². The summed E-state index contributed by atoms with van der Waals surface area (Å²) in [5, 5.41) is 5.55. The minimum atomic E-state index is -0.651. The molecule has 0 spiro atoms. The molecule has 1 saturated carbocycles. The summed E-state index contributed by atoms with van der Waals surface area (Å²) in [6.45, 7) is 0. The highest BCUT2D eigenvalue weighted by molar-refractivity contribution is 5.93. The van der Waals surface area contributed by atoms with Crippen LogP contribution < -0.4 is 10.6 Å². The van der Waals surface area contributed by atoms with E-state index in [9.17, 15) is 13.6 Å². The molecule has 1 aliphatic rings. The summed E-state index contributed by atoms with van der Waals surface area (Å²) in [4.78, 5) is 11.8. The molecule has 0 saturated heterocycles. The topological polar surface area (TPSA) is 41.1 Å². The van der Waals surface area contributed by atoms with Gasteiger partial charge in [-0.1, -0.05) is 12.5 Å². The number of nitrogens with one attached hydrogen (secondary N) is 2. The molecule has 0 aromatic heterocycles. The number of hydrogen-bond donors (Lipinski definition) is 2. The number of hydrogen-bond acceptors (Lipinski definition) is 2. The van der Waals surface area contributed by atoms with E-state index in [1.807, 2.05) is 0 Å². The van der Waals surface area contributed by atoms with Crippen molar-refractivity contribution in [3.8, 4) is 0 Å². The van der Waals surface area contributed by atoms with Gasteiger partial charge in [0.25, 0.3) is 0 Å². The molecule has 1 aliphatic carbocycles. The van der Waals surface area contributed by atoms with Gasteiger partial charge in [-0.25, -0.2) is 8.78 Å². The van der Waals surface area contributed by atoms with Crippen molar-refractivity contribution in [1.82, 2.24) is 0 Å². The van der Waals surface area contributed by atoms with E-state index in [2.05, 4.69) is 10.6 Å². The number of amides is 1. The number of rotatable bonds is 4. The molecule has 3 rings (SSSR count). The first-order valence-electron chi connectivity index (χ1n) is 7.25. The Bertz CT molecular complexity index is 661. The van der Waals surface area contributed by atoms with Crippen molar-refractivity contribution < 1.29 is 13.6 Å². The second-order valence-electron chi connectivity index (χ2n) is 5.42. The third kappa shape index (κ3) is 3.08. The smallest absolute Gasteiger partial charge is 0.227 e. The molecule has 0 aliphatic heterocycles. The summed E-state index contributed by atoms with van der Waals surface area (Å²) >= 11 is 0. The fourth-order valence-corrected chi connectivity index (χ4v) is 2.31. The van der Waals surface area contributed by atoms with E-state index < -0.39 is 11.6 Å². The molecule has 0 unspecified atom stereocenters. The van der Waals surface area contributed by atoms with Crippen LogP contribution in [0.5, 0.6) is 0 Å². The van der Waals surface area contributed by atoms with E-state index in [0.717, 1.165) is 19.3 Å². The number of halogens is 2. The average molecular weight is 302 g/mol. The van der Waals surface area contributed by atoms with Gasteiger partial charge in [-0.2, -0.15) is 0 Å². The first-order chi connectivity index (χ1) is 10.6. The fraction of sp³-hybridized carbons (Fsp3) is 0.235. The van der Waals surface area contributed by atoms with Gasteiger partial charge in [0.2, 0.25) is 5.91 Å². The van der Waals surface area contributed by atoms with Crippen molar-refractivity contribution in [3.05, 3.63) is 54.1 Å². The van der Waals surface area contributed by atoms with Gasteiger partial charge >= 0.3 is 0 Å². The summed E-state index contributed by atoms with van der Waals surface area (Å²) in [6.07, 6.45) is 2.99. The van der Waals surface area contributed by atoms with Crippen LogP contribution in [0.2, 0.25) is 0 Å². The van der Waals surface area contributed by atoms with Crippen molar-refractivity contribution in [2.45, 2.75) is 19.3 Å². The molecule has 114 valence electrons. The molecular formula is C17H16F2N2O. The van der Waals surface area contributed by atoms with Gasteiger partial charge in [-0.05, 0) is 49.2 Å². The summed E-state index contributed by atoms with van der Waals surface area (Å²) in [5.74, 6) is -1.15. The van der Waals surface area contributed by atoms with Gasteiger partial charge in [-0.3, -0.25) is 4.79 Å². The van der Waals surface area contributed by atoms with Crippen LogP contribution in [0.4, 0.5) is 25.8 Å². The highest BCUT2D eigenvalue weighted by atomic mass is 19.1. The number of para-hydroxylation sites is 1. The van der Waals surface area contributed by atoms with Crippen molar-refractivity contribution in [1.29, 1.82) is 0 Å². The maximum absolute atomic E-state index is 13.6. The quantitative estimate of drug-likeness (QED) is 0.876. The standard InChI is InChI=1S/C17H16F2N2O/c18-14-5-2-6-15(19)16(14)20-12-7-9-13(10-8-12)21-17(22)11-3-1-4-11/h2,5-11,20H,1,3-4H2,(H,21,22). The van der Waals surface area contributed by atoms with E-state index in [1.54, 1.807) is 24.3 Å². The lowest BCUT2D eigenvalue weighted by Crippen LogP contribution is -2.27. The Morgan fingerprint density at radius 3 is 2.09 bits per heavy atom. The van der Waals surface area contributed by atoms with Crippen molar-refractivity contribution >= 4 is 23.0 Å². The summed E-state index contributed by atoms with van der Waals surface area (Å²) in [6, 6.07) is 10.5. The molecule has 2 aromatic rings. The van der Waals surface area contributed by atoms with E-state index in [-0.39, 0.29) is 17.5 Å². The van der Waals surface area contributed by atoms with Crippen LogP contribution in [-0.4, -0.2) is 5.91 Å². The first kappa shape index (κ1) is 14.5. The molecule has 0 atom stereocenters. The summed E-state index contributed by atoms with van der Waals surface area (Å²) in [5.41, 5.74) is 1.04. The van der Waals surface area contributed by atoms with Crippen LogP contribution in [0, 0.1) is 17.6 Å². The van der Waals surface area contributed by atoms with Crippen molar-refractivity contribution in [3.63, 3.8) is 0 Å². The number of carbonyl (C=O) groups excluding carboxylic acids is 1. The van der Waals surface area contributed by atoms with Gasteiger partial charge in [0.05, 0.1) is 0 Å². The van der Waals surface area contributed by atoms with Crippen molar-refractivity contribution in [2.75, 3.05) is 10.6 Å². The van der Waals surface area contributed by atoms with Crippen LogP contribution in [-0.2, 0) is 4.79 Å². The summed E-state index contributed by atoms with van der Waals surface area (Å²) in [7, 11) is 0. The Morgan fingerprint density at radius 1 is 0.955 bits per heavy atom. The predicted molar refractivity (Wildman–Crippen MR) is 82.1 cm³/mol. The monoisotopic (exact) mass is 302 g/mol. The van der Waals surface area contributed by atoms with E-state index in [0.29, 0.717) is 11.4 Å². The molecule has 0 heterocycles. The summed E-state index contributed by atoms with van der Waals surface area (Å²) < 4.78 is 27.1. The molecule has 2 aromatic carbocycles. The third-order valence-electron chi connectivity index (χ3n) is 3.86. The molecule has 1 fully saturated rings. The Morgan fingerprint density at radius 2 is 1.55 bits per heavy atom. The largest absolute Gasteiger partial charge is 0.351 e. The third-order valence-corrected chi connectivity index (χ3v) is 3.86.